The zero-order valence-electron chi connectivity index (χ0n) is 8.00. The molecule has 14 heavy (non-hydrogen) atoms. The Labute approximate surface area is 91.7 Å². The molecule has 0 aliphatic rings. The summed E-state index contributed by atoms with van der Waals surface area (Å²) in [5, 5.41) is 13.9. The Hall–Kier alpha value is -0.580. The molecular formula is C9H12ClNO2S. The summed E-state index contributed by atoms with van der Waals surface area (Å²) in [5.74, 6) is -0.228. The van der Waals surface area contributed by atoms with Gasteiger partial charge in [0.1, 0.15) is 4.88 Å². The number of hydrogen-bond acceptors (Lipinski definition) is 3. The summed E-state index contributed by atoms with van der Waals surface area (Å²) in [4.78, 5) is 12.0. The Balaban J connectivity index is 2.66. The lowest BCUT2D eigenvalue weighted by atomic mass is 10.3. The van der Waals surface area contributed by atoms with Crippen molar-refractivity contribution >= 4 is 28.8 Å². The van der Waals surface area contributed by atoms with Gasteiger partial charge in [-0.1, -0.05) is 11.6 Å². The van der Waals surface area contributed by atoms with Crippen LogP contribution in [0, 0.1) is 6.92 Å². The predicted molar refractivity (Wildman–Crippen MR) is 58.1 cm³/mol. The van der Waals surface area contributed by atoms with Crippen LogP contribution in [0.1, 0.15) is 22.2 Å². The Kier molecular flexibility index (Phi) is 3.92. The predicted octanol–water partition coefficient (Wildman–Crippen LogP) is 1.82. The molecule has 1 heterocycles. The van der Waals surface area contributed by atoms with Gasteiger partial charge >= 0.3 is 0 Å². The average molecular weight is 234 g/mol. The Morgan fingerprint density at radius 3 is 2.86 bits per heavy atom. The van der Waals surface area contributed by atoms with Crippen molar-refractivity contribution in [2.75, 3.05) is 6.54 Å². The number of aryl methyl sites for hydroxylation is 1. The number of carbonyl (C=O) groups is 1. The molecule has 78 valence electrons. The van der Waals surface area contributed by atoms with Crippen molar-refractivity contribution < 1.29 is 9.90 Å². The molecule has 0 fully saturated rings. The standard InChI is InChI=1S/C9H12ClNO2S/c1-5-4-14-8(7(5)10)9(13)11-3-6(2)12/h4,6,12H,3H2,1-2H3,(H,11,13). The van der Waals surface area contributed by atoms with Crippen LogP contribution in [-0.4, -0.2) is 23.7 Å². The van der Waals surface area contributed by atoms with Crippen molar-refractivity contribution in [2.24, 2.45) is 0 Å². The van der Waals surface area contributed by atoms with Gasteiger partial charge in [0.15, 0.2) is 0 Å². The lowest BCUT2D eigenvalue weighted by Gasteiger charge is -2.05. The zero-order chi connectivity index (χ0) is 10.7. The molecule has 0 aromatic carbocycles. The van der Waals surface area contributed by atoms with E-state index < -0.39 is 6.10 Å². The molecule has 0 aliphatic heterocycles. The number of nitrogens with one attached hydrogen (secondary N) is 1. The van der Waals surface area contributed by atoms with Crippen LogP contribution in [0.3, 0.4) is 0 Å². The minimum absolute atomic E-state index is 0.228. The normalized spacial score (nSPS) is 12.6. The molecule has 3 nitrogen and oxygen atoms in total. The number of thiophene rings is 1. The highest BCUT2D eigenvalue weighted by atomic mass is 35.5. The van der Waals surface area contributed by atoms with Gasteiger partial charge in [0, 0.05) is 6.54 Å². The van der Waals surface area contributed by atoms with E-state index in [-0.39, 0.29) is 12.5 Å². The smallest absolute Gasteiger partial charge is 0.262 e. The van der Waals surface area contributed by atoms with Crippen LogP contribution in [-0.2, 0) is 0 Å². The summed E-state index contributed by atoms with van der Waals surface area (Å²) in [7, 11) is 0. The van der Waals surface area contributed by atoms with E-state index in [1.165, 1.54) is 11.3 Å². The van der Waals surface area contributed by atoms with E-state index in [2.05, 4.69) is 5.32 Å². The molecule has 0 saturated heterocycles. The van der Waals surface area contributed by atoms with Crippen molar-refractivity contribution in [3.8, 4) is 0 Å². The fourth-order valence-electron chi connectivity index (χ4n) is 0.904. The second-order valence-corrected chi connectivity index (χ2v) is 4.38. The second kappa shape index (κ2) is 4.77. The maximum absolute atomic E-state index is 11.5. The number of aliphatic hydroxyl groups excluding tert-OH is 1. The first-order valence-corrected chi connectivity index (χ1v) is 5.48. The van der Waals surface area contributed by atoms with Crippen LogP contribution in [0.5, 0.6) is 0 Å². The first-order valence-electron chi connectivity index (χ1n) is 4.22. The number of halogens is 1. The fraction of sp³-hybridized carbons (Fsp3) is 0.444. The lowest BCUT2D eigenvalue weighted by molar-refractivity contribution is 0.0928. The molecule has 1 amide bonds. The van der Waals surface area contributed by atoms with Gasteiger partial charge in [0.2, 0.25) is 0 Å². The van der Waals surface area contributed by atoms with Crippen LogP contribution in [0.4, 0.5) is 0 Å². The summed E-state index contributed by atoms with van der Waals surface area (Å²) in [5.41, 5.74) is 0.902. The van der Waals surface area contributed by atoms with Crippen molar-refractivity contribution in [3.05, 3.63) is 20.8 Å². The quantitative estimate of drug-likeness (QED) is 0.837. The molecule has 1 unspecified atom stereocenters. The summed E-state index contributed by atoms with van der Waals surface area (Å²) in [6.45, 7) is 3.71. The topological polar surface area (TPSA) is 49.3 Å². The van der Waals surface area contributed by atoms with Crippen molar-refractivity contribution in [1.82, 2.24) is 5.32 Å². The van der Waals surface area contributed by atoms with E-state index >= 15 is 0 Å². The second-order valence-electron chi connectivity index (χ2n) is 3.12. The van der Waals surface area contributed by atoms with Crippen LogP contribution < -0.4 is 5.32 Å². The minimum Gasteiger partial charge on any atom is -0.392 e. The van der Waals surface area contributed by atoms with Crippen molar-refractivity contribution in [1.29, 1.82) is 0 Å². The van der Waals surface area contributed by atoms with E-state index in [0.29, 0.717) is 9.90 Å². The van der Waals surface area contributed by atoms with Crippen LogP contribution in [0.25, 0.3) is 0 Å². The molecule has 0 bridgehead atoms. The molecule has 0 radical (unpaired) electrons. The number of carbonyl (C=O) groups excluding carboxylic acids is 1. The maximum atomic E-state index is 11.5. The van der Waals surface area contributed by atoms with Gasteiger partial charge in [-0.3, -0.25) is 4.79 Å². The number of rotatable bonds is 3. The molecule has 1 atom stereocenters. The van der Waals surface area contributed by atoms with Gasteiger partial charge in [-0.15, -0.1) is 11.3 Å². The van der Waals surface area contributed by atoms with Gasteiger partial charge in [0.05, 0.1) is 11.1 Å². The Bertz CT molecular complexity index is 336. The molecule has 2 N–H and O–H groups in total. The summed E-state index contributed by atoms with van der Waals surface area (Å²) in [6.07, 6.45) is -0.543. The maximum Gasteiger partial charge on any atom is 0.262 e. The monoisotopic (exact) mass is 233 g/mol. The van der Waals surface area contributed by atoms with E-state index in [1.54, 1.807) is 6.92 Å². The van der Waals surface area contributed by atoms with Crippen molar-refractivity contribution in [3.63, 3.8) is 0 Å². The highest BCUT2D eigenvalue weighted by molar-refractivity contribution is 7.13. The van der Waals surface area contributed by atoms with Gasteiger partial charge in [-0.25, -0.2) is 0 Å². The summed E-state index contributed by atoms with van der Waals surface area (Å²) < 4.78 is 0. The molecule has 0 aliphatic carbocycles. The lowest BCUT2D eigenvalue weighted by Crippen LogP contribution is -2.30. The van der Waals surface area contributed by atoms with Crippen LogP contribution in [0.15, 0.2) is 5.38 Å². The number of hydrogen-bond donors (Lipinski definition) is 2. The number of amides is 1. The average Bonchev–Trinajstić information content (AvgIpc) is 2.44. The Morgan fingerprint density at radius 2 is 2.43 bits per heavy atom. The third-order valence-corrected chi connectivity index (χ3v) is 3.36. The third kappa shape index (κ3) is 2.70. The SMILES string of the molecule is Cc1csc(C(=O)NCC(C)O)c1Cl. The molecule has 1 rings (SSSR count). The van der Waals surface area contributed by atoms with Gasteiger partial charge in [-0.05, 0) is 24.8 Å². The molecule has 5 heteroatoms. The highest BCUT2D eigenvalue weighted by Crippen LogP contribution is 2.26. The van der Waals surface area contributed by atoms with Gasteiger partial charge in [0.25, 0.3) is 5.91 Å². The minimum atomic E-state index is -0.543. The first kappa shape index (κ1) is 11.5. The van der Waals surface area contributed by atoms with Crippen molar-refractivity contribution in [2.45, 2.75) is 20.0 Å². The van der Waals surface area contributed by atoms with Crippen LogP contribution >= 0.6 is 22.9 Å². The largest absolute Gasteiger partial charge is 0.392 e. The van der Waals surface area contributed by atoms with Gasteiger partial charge in [-0.2, -0.15) is 0 Å². The van der Waals surface area contributed by atoms with Gasteiger partial charge < -0.3 is 10.4 Å². The molecular weight excluding hydrogens is 222 g/mol. The first-order chi connectivity index (χ1) is 6.52. The zero-order valence-corrected chi connectivity index (χ0v) is 9.58. The molecule has 0 saturated carbocycles. The summed E-state index contributed by atoms with van der Waals surface area (Å²) in [6, 6.07) is 0. The fourth-order valence-corrected chi connectivity index (χ4v) is 2.10. The molecule has 1 aromatic rings. The van der Waals surface area contributed by atoms with E-state index in [9.17, 15) is 4.79 Å². The highest BCUT2D eigenvalue weighted by Gasteiger charge is 2.14. The van der Waals surface area contributed by atoms with E-state index in [0.717, 1.165) is 5.56 Å². The molecule has 1 aromatic heterocycles. The van der Waals surface area contributed by atoms with E-state index in [1.807, 2.05) is 12.3 Å². The molecule has 0 spiro atoms. The number of aliphatic hydroxyl groups is 1. The summed E-state index contributed by atoms with van der Waals surface area (Å²) >= 11 is 7.22. The third-order valence-electron chi connectivity index (χ3n) is 1.66. The van der Waals surface area contributed by atoms with E-state index in [4.69, 9.17) is 16.7 Å². The van der Waals surface area contributed by atoms with Crippen LogP contribution in [0.2, 0.25) is 5.02 Å². The Morgan fingerprint density at radius 1 is 1.79 bits per heavy atom.